The summed E-state index contributed by atoms with van der Waals surface area (Å²) in [6.07, 6.45) is 0. The number of hydrogen-bond donors (Lipinski definition) is 0. The van der Waals surface area contributed by atoms with E-state index in [0.717, 1.165) is 27.6 Å². The first-order chi connectivity index (χ1) is 13.0. The van der Waals surface area contributed by atoms with E-state index in [0.29, 0.717) is 6.07 Å². The Morgan fingerprint density at radius 1 is 0.679 bits per heavy atom. The van der Waals surface area contributed by atoms with Gasteiger partial charge in [-0.3, -0.25) is 0 Å². The molecule has 0 spiro atoms. The highest BCUT2D eigenvalue weighted by atomic mass is 32.2. The zero-order valence-electron chi connectivity index (χ0n) is 15.4. The number of piperazine rings is 1. The van der Waals surface area contributed by atoms with Crippen LogP contribution in [-0.4, -0.2) is 51.6 Å². The summed E-state index contributed by atoms with van der Waals surface area (Å²) in [5, 5.41) is 0. The SMILES string of the molecule is Cc1ccc(S(=O)(=O)N2CCN(S(=O)(=O)c3cc(F)cc(F)c3)CC2)cc1C. The van der Waals surface area contributed by atoms with Crippen LogP contribution in [-0.2, 0) is 20.0 Å². The molecule has 1 saturated heterocycles. The molecule has 0 atom stereocenters. The molecule has 28 heavy (non-hydrogen) atoms. The van der Waals surface area contributed by atoms with Crippen molar-refractivity contribution in [3.63, 3.8) is 0 Å². The van der Waals surface area contributed by atoms with Crippen LogP contribution in [0.1, 0.15) is 11.1 Å². The van der Waals surface area contributed by atoms with Crippen molar-refractivity contribution in [2.24, 2.45) is 0 Å². The molecule has 1 heterocycles. The van der Waals surface area contributed by atoms with Gasteiger partial charge < -0.3 is 0 Å². The second-order valence-electron chi connectivity index (χ2n) is 6.66. The van der Waals surface area contributed by atoms with Crippen LogP contribution in [0.4, 0.5) is 8.78 Å². The molecule has 0 amide bonds. The molecule has 2 aromatic carbocycles. The summed E-state index contributed by atoms with van der Waals surface area (Å²) in [6.45, 7) is 3.38. The lowest BCUT2D eigenvalue weighted by Crippen LogP contribution is -2.50. The second kappa shape index (κ2) is 7.51. The van der Waals surface area contributed by atoms with Crippen molar-refractivity contribution >= 4 is 20.0 Å². The average molecular weight is 430 g/mol. The van der Waals surface area contributed by atoms with Gasteiger partial charge in [0, 0.05) is 32.2 Å². The first-order valence-corrected chi connectivity index (χ1v) is 11.4. The van der Waals surface area contributed by atoms with Crippen LogP contribution in [0.3, 0.4) is 0 Å². The van der Waals surface area contributed by atoms with Crippen molar-refractivity contribution in [2.75, 3.05) is 26.2 Å². The Hall–Kier alpha value is -1.88. The Morgan fingerprint density at radius 2 is 1.14 bits per heavy atom. The van der Waals surface area contributed by atoms with E-state index in [4.69, 9.17) is 0 Å². The third-order valence-corrected chi connectivity index (χ3v) is 8.56. The van der Waals surface area contributed by atoms with Crippen molar-refractivity contribution in [3.05, 3.63) is 59.2 Å². The molecule has 0 saturated carbocycles. The number of rotatable bonds is 4. The van der Waals surface area contributed by atoms with Crippen LogP contribution in [0.5, 0.6) is 0 Å². The zero-order chi connectivity index (χ0) is 20.7. The minimum absolute atomic E-state index is 0.0493. The third-order valence-electron chi connectivity index (χ3n) is 4.79. The lowest BCUT2D eigenvalue weighted by Gasteiger charge is -2.33. The van der Waals surface area contributed by atoms with E-state index in [-0.39, 0.29) is 31.1 Å². The Balaban J connectivity index is 1.79. The lowest BCUT2D eigenvalue weighted by atomic mass is 10.1. The van der Waals surface area contributed by atoms with Gasteiger partial charge in [0.2, 0.25) is 20.0 Å². The second-order valence-corrected chi connectivity index (χ2v) is 10.5. The Bertz CT molecular complexity index is 1090. The van der Waals surface area contributed by atoms with Gasteiger partial charge in [0.15, 0.2) is 0 Å². The van der Waals surface area contributed by atoms with Crippen LogP contribution < -0.4 is 0 Å². The zero-order valence-corrected chi connectivity index (χ0v) is 17.0. The summed E-state index contributed by atoms with van der Waals surface area (Å²) in [5.41, 5.74) is 1.81. The van der Waals surface area contributed by atoms with E-state index in [1.807, 2.05) is 13.8 Å². The van der Waals surface area contributed by atoms with E-state index in [2.05, 4.69) is 0 Å². The van der Waals surface area contributed by atoms with Gasteiger partial charge in [-0.1, -0.05) is 6.07 Å². The maximum absolute atomic E-state index is 13.4. The molecule has 2 aromatic rings. The van der Waals surface area contributed by atoms with Crippen LogP contribution in [0.2, 0.25) is 0 Å². The van der Waals surface area contributed by atoms with E-state index in [1.54, 1.807) is 12.1 Å². The minimum Gasteiger partial charge on any atom is -0.207 e. The predicted molar refractivity (Wildman–Crippen MR) is 99.8 cm³/mol. The molecule has 0 aromatic heterocycles. The average Bonchev–Trinajstić information content (AvgIpc) is 2.63. The molecule has 1 fully saturated rings. The normalized spacial score (nSPS) is 17.0. The van der Waals surface area contributed by atoms with E-state index in [1.165, 1.54) is 10.4 Å². The lowest BCUT2D eigenvalue weighted by molar-refractivity contribution is 0.272. The van der Waals surface area contributed by atoms with Gasteiger partial charge in [-0.2, -0.15) is 8.61 Å². The molecule has 1 aliphatic heterocycles. The number of halogens is 2. The summed E-state index contributed by atoms with van der Waals surface area (Å²) >= 11 is 0. The van der Waals surface area contributed by atoms with Crippen LogP contribution in [0.15, 0.2) is 46.2 Å². The predicted octanol–water partition coefficient (Wildman–Crippen LogP) is 2.28. The van der Waals surface area contributed by atoms with Crippen LogP contribution in [0.25, 0.3) is 0 Å². The van der Waals surface area contributed by atoms with Crippen molar-refractivity contribution in [3.8, 4) is 0 Å². The number of benzene rings is 2. The third kappa shape index (κ3) is 3.95. The first kappa shape index (κ1) is 20.8. The summed E-state index contributed by atoms with van der Waals surface area (Å²) in [4.78, 5) is -0.338. The highest BCUT2D eigenvalue weighted by molar-refractivity contribution is 7.89. The highest BCUT2D eigenvalue weighted by Crippen LogP contribution is 2.24. The number of aryl methyl sites for hydroxylation is 2. The smallest absolute Gasteiger partial charge is 0.207 e. The van der Waals surface area contributed by atoms with Crippen LogP contribution in [0, 0.1) is 25.5 Å². The van der Waals surface area contributed by atoms with Crippen molar-refractivity contribution in [1.29, 1.82) is 0 Å². The molecule has 152 valence electrons. The number of nitrogens with zero attached hydrogens (tertiary/aromatic N) is 2. The Kier molecular flexibility index (Phi) is 5.59. The first-order valence-electron chi connectivity index (χ1n) is 8.55. The largest absolute Gasteiger partial charge is 0.243 e. The number of sulfonamides is 2. The molecular formula is C18H20F2N2O4S2. The van der Waals surface area contributed by atoms with E-state index >= 15 is 0 Å². The fourth-order valence-corrected chi connectivity index (χ4v) is 5.97. The Labute approximate surface area is 163 Å². The highest BCUT2D eigenvalue weighted by Gasteiger charge is 2.34. The molecule has 6 nitrogen and oxygen atoms in total. The molecule has 0 N–H and O–H groups in total. The molecule has 0 bridgehead atoms. The fourth-order valence-electron chi connectivity index (χ4n) is 3.00. The number of hydrogen-bond acceptors (Lipinski definition) is 4. The van der Waals surface area contributed by atoms with Crippen molar-refractivity contribution in [1.82, 2.24) is 8.61 Å². The van der Waals surface area contributed by atoms with Crippen molar-refractivity contribution in [2.45, 2.75) is 23.6 Å². The van der Waals surface area contributed by atoms with Crippen molar-refractivity contribution < 1.29 is 25.6 Å². The summed E-state index contributed by atoms with van der Waals surface area (Å²) < 4.78 is 79.9. The van der Waals surface area contributed by atoms with E-state index in [9.17, 15) is 25.6 Å². The monoisotopic (exact) mass is 430 g/mol. The summed E-state index contributed by atoms with van der Waals surface area (Å²) in [6, 6.07) is 6.92. The van der Waals surface area contributed by atoms with Gasteiger partial charge >= 0.3 is 0 Å². The van der Waals surface area contributed by atoms with Gasteiger partial charge in [-0.15, -0.1) is 0 Å². The van der Waals surface area contributed by atoms with Gasteiger partial charge in [0.05, 0.1) is 9.79 Å². The Morgan fingerprint density at radius 3 is 1.61 bits per heavy atom. The molecule has 3 rings (SSSR count). The minimum atomic E-state index is -4.12. The molecule has 0 radical (unpaired) electrons. The molecule has 1 aliphatic rings. The van der Waals surface area contributed by atoms with Gasteiger partial charge in [0.1, 0.15) is 11.6 Å². The summed E-state index contributed by atoms with van der Waals surface area (Å²) in [5.74, 6) is -1.98. The maximum Gasteiger partial charge on any atom is 0.243 e. The van der Waals surface area contributed by atoms with Gasteiger partial charge in [0.25, 0.3) is 0 Å². The summed E-state index contributed by atoms with van der Waals surface area (Å²) in [7, 11) is -7.88. The molecule has 0 unspecified atom stereocenters. The topological polar surface area (TPSA) is 74.8 Å². The fraction of sp³-hybridized carbons (Fsp3) is 0.333. The molecular weight excluding hydrogens is 410 g/mol. The van der Waals surface area contributed by atoms with E-state index < -0.39 is 36.6 Å². The van der Waals surface area contributed by atoms with Gasteiger partial charge in [-0.25, -0.2) is 25.6 Å². The van der Waals surface area contributed by atoms with Crippen LogP contribution >= 0.6 is 0 Å². The quantitative estimate of drug-likeness (QED) is 0.746. The van der Waals surface area contributed by atoms with Gasteiger partial charge in [-0.05, 0) is 49.2 Å². The molecule has 0 aliphatic carbocycles. The maximum atomic E-state index is 13.4. The standard InChI is InChI=1S/C18H20F2N2O4S2/c1-13-3-4-17(9-14(13)2)27(23,24)21-5-7-22(8-6-21)28(25,26)18-11-15(19)10-16(20)12-18/h3-4,9-12H,5-8H2,1-2H3. The molecule has 10 heteroatoms.